The summed E-state index contributed by atoms with van der Waals surface area (Å²) in [4.78, 5) is 0. The minimum absolute atomic E-state index is 0.209. The lowest BCUT2D eigenvalue weighted by Gasteiger charge is -2.15. The van der Waals surface area contributed by atoms with Crippen molar-refractivity contribution in [3.63, 3.8) is 0 Å². The summed E-state index contributed by atoms with van der Waals surface area (Å²) in [5.74, 6) is 1.60. The maximum Gasteiger partial charge on any atom is 0.161 e. The molecule has 3 rings (SSSR count). The fraction of sp³-hybridized carbons (Fsp3) is 0.647. The number of ether oxygens (including phenoxy) is 3. The zero-order valence-electron chi connectivity index (χ0n) is 12.9. The first kappa shape index (κ1) is 14.7. The van der Waals surface area contributed by atoms with Gasteiger partial charge in [-0.1, -0.05) is 6.07 Å². The van der Waals surface area contributed by atoms with E-state index in [1.807, 2.05) is 6.07 Å². The van der Waals surface area contributed by atoms with Crippen molar-refractivity contribution in [1.82, 2.24) is 5.32 Å². The zero-order chi connectivity index (χ0) is 14.7. The number of rotatable bonds is 7. The Kier molecular flexibility index (Phi) is 4.66. The Morgan fingerprint density at radius 3 is 2.71 bits per heavy atom. The van der Waals surface area contributed by atoms with Gasteiger partial charge in [-0.15, -0.1) is 0 Å². The van der Waals surface area contributed by atoms with E-state index in [4.69, 9.17) is 14.2 Å². The minimum atomic E-state index is 0.209. The Morgan fingerprint density at radius 1 is 1.19 bits per heavy atom. The van der Waals surface area contributed by atoms with E-state index in [1.165, 1.54) is 18.4 Å². The lowest BCUT2D eigenvalue weighted by molar-refractivity contribution is 0.0259. The van der Waals surface area contributed by atoms with Crippen molar-refractivity contribution < 1.29 is 14.2 Å². The molecule has 0 radical (unpaired) electrons. The van der Waals surface area contributed by atoms with Crippen LogP contribution in [-0.2, 0) is 11.3 Å². The normalized spacial score (nSPS) is 25.0. The molecule has 0 amide bonds. The van der Waals surface area contributed by atoms with Gasteiger partial charge in [-0.3, -0.25) is 0 Å². The minimum Gasteiger partial charge on any atom is -0.493 e. The van der Waals surface area contributed by atoms with E-state index in [0.29, 0.717) is 18.8 Å². The standard InChI is InChI=1S/C17H25NO3/c1-12-3-7-15(21-12)11-20-16-8-4-13(9-17(16)19-2)10-18-14-5-6-14/h4,8-9,12,14-15,18H,3,5-7,10-11H2,1-2H3. The molecule has 0 spiro atoms. The van der Waals surface area contributed by atoms with Gasteiger partial charge in [0, 0.05) is 12.6 Å². The first-order valence-corrected chi connectivity index (χ1v) is 7.93. The molecule has 2 unspecified atom stereocenters. The Labute approximate surface area is 126 Å². The molecule has 1 N–H and O–H groups in total. The molecule has 4 nitrogen and oxygen atoms in total. The lowest BCUT2D eigenvalue weighted by atomic mass is 10.2. The van der Waals surface area contributed by atoms with Gasteiger partial charge in [-0.2, -0.15) is 0 Å². The van der Waals surface area contributed by atoms with Gasteiger partial charge in [0.1, 0.15) is 6.61 Å². The molecule has 1 aromatic carbocycles. The van der Waals surface area contributed by atoms with Gasteiger partial charge in [0.05, 0.1) is 19.3 Å². The third kappa shape index (κ3) is 4.11. The Bertz CT molecular complexity index is 473. The predicted molar refractivity (Wildman–Crippen MR) is 81.9 cm³/mol. The van der Waals surface area contributed by atoms with Crippen LogP contribution < -0.4 is 14.8 Å². The molecule has 0 bridgehead atoms. The molecule has 1 heterocycles. The number of methoxy groups -OCH3 is 1. The summed E-state index contributed by atoms with van der Waals surface area (Å²) in [5.41, 5.74) is 1.23. The molecular weight excluding hydrogens is 266 g/mol. The molecule has 1 aliphatic heterocycles. The van der Waals surface area contributed by atoms with E-state index in [-0.39, 0.29) is 6.10 Å². The highest BCUT2D eigenvalue weighted by molar-refractivity contribution is 5.43. The molecule has 2 fully saturated rings. The predicted octanol–water partition coefficient (Wildman–Crippen LogP) is 2.89. The molecule has 21 heavy (non-hydrogen) atoms. The molecule has 1 aromatic rings. The molecular formula is C17H25NO3. The molecule has 1 aliphatic carbocycles. The Balaban J connectivity index is 1.55. The topological polar surface area (TPSA) is 39.7 Å². The lowest BCUT2D eigenvalue weighted by Crippen LogP contribution is -2.18. The van der Waals surface area contributed by atoms with Crippen LogP contribution in [-0.4, -0.2) is 32.0 Å². The highest BCUT2D eigenvalue weighted by Gasteiger charge is 2.23. The van der Waals surface area contributed by atoms with E-state index in [9.17, 15) is 0 Å². The van der Waals surface area contributed by atoms with Crippen molar-refractivity contribution in [3.05, 3.63) is 23.8 Å². The van der Waals surface area contributed by atoms with Crippen LogP contribution in [0, 0.1) is 0 Å². The number of benzene rings is 1. The van der Waals surface area contributed by atoms with Crippen LogP contribution in [0.3, 0.4) is 0 Å². The van der Waals surface area contributed by atoms with Crippen LogP contribution in [0.2, 0.25) is 0 Å². The zero-order valence-corrected chi connectivity index (χ0v) is 12.9. The van der Waals surface area contributed by atoms with Gasteiger partial charge < -0.3 is 19.5 Å². The van der Waals surface area contributed by atoms with Crippen LogP contribution in [0.5, 0.6) is 11.5 Å². The summed E-state index contributed by atoms with van der Waals surface area (Å²) in [6.07, 6.45) is 5.37. The SMILES string of the molecule is COc1cc(CNC2CC2)ccc1OCC1CCC(C)O1. The highest BCUT2D eigenvalue weighted by Crippen LogP contribution is 2.30. The Hall–Kier alpha value is -1.26. The quantitative estimate of drug-likeness (QED) is 0.838. The smallest absolute Gasteiger partial charge is 0.161 e. The van der Waals surface area contributed by atoms with Crippen LogP contribution >= 0.6 is 0 Å². The second kappa shape index (κ2) is 6.67. The fourth-order valence-corrected chi connectivity index (χ4v) is 2.68. The second-order valence-corrected chi connectivity index (χ2v) is 6.10. The summed E-state index contributed by atoms with van der Waals surface area (Å²) in [6, 6.07) is 6.88. The van der Waals surface area contributed by atoms with Crippen LogP contribution in [0.1, 0.15) is 38.2 Å². The van der Waals surface area contributed by atoms with Gasteiger partial charge >= 0.3 is 0 Å². The third-order valence-corrected chi connectivity index (χ3v) is 4.14. The third-order valence-electron chi connectivity index (χ3n) is 4.14. The van der Waals surface area contributed by atoms with E-state index in [1.54, 1.807) is 7.11 Å². The molecule has 0 aromatic heterocycles. The Morgan fingerprint density at radius 2 is 2.05 bits per heavy atom. The van der Waals surface area contributed by atoms with Crippen molar-refractivity contribution in [1.29, 1.82) is 0 Å². The number of hydrogen-bond donors (Lipinski definition) is 1. The van der Waals surface area contributed by atoms with Crippen molar-refractivity contribution in [2.75, 3.05) is 13.7 Å². The van der Waals surface area contributed by atoms with Gasteiger partial charge in [-0.05, 0) is 50.3 Å². The van der Waals surface area contributed by atoms with Gasteiger partial charge in [0.2, 0.25) is 0 Å². The van der Waals surface area contributed by atoms with Gasteiger partial charge in [-0.25, -0.2) is 0 Å². The van der Waals surface area contributed by atoms with Crippen molar-refractivity contribution in [2.45, 2.75) is 57.4 Å². The number of hydrogen-bond acceptors (Lipinski definition) is 4. The van der Waals surface area contributed by atoms with E-state index >= 15 is 0 Å². The van der Waals surface area contributed by atoms with Crippen LogP contribution in [0.25, 0.3) is 0 Å². The number of nitrogens with one attached hydrogen (secondary N) is 1. The van der Waals surface area contributed by atoms with Crippen molar-refractivity contribution >= 4 is 0 Å². The summed E-state index contributed by atoms with van der Waals surface area (Å²) in [5, 5.41) is 3.51. The molecule has 116 valence electrons. The van der Waals surface area contributed by atoms with Crippen LogP contribution in [0.4, 0.5) is 0 Å². The summed E-state index contributed by atoms with van der Waals surface area (Å²) >= 11 is 0. The molecule has 4 heteroatoms. The first-order valence-electron chi connectivity index (χ1n) is 7.93. The molecule has 1 saturated carbocycles. The average molecular weight is 291 g/mol. The van der Waals surface area contributed by atoms with Gasteiger partial charge in [0.25, 0.3) is 0 Å². The maximum atomic E-state index is 5.88. The summed E-state index contributed by atoms with van der Waals surface area (Å²) in [7, 11) is 1.69. The van der Waals surface area contributed by atoms with Crippen molar-refractivity contribution in [2.24, 2.45) is 0 Å². The summed E-state index contributed by atoms with van der Waals surface area (Å²) in [6.45, 7) is 3.60. The highest BCUT2D eigenvalue weighted by atomic mass is 16.6. The van der Waals surface area contributed by atoms with Crippen LogP contribution in [0.15, 0.2) is 18.2 Å². The summed E-state index contributed by atoms with van der Waals surface area (Å²) < 4.78 is 17.1. The second-order valence-electron chi connectivity index (χ2n) is 6.10. The molecule has 1 saturated heterocycles. The largest absolute Gasteiger partial charge is 0.493 e. The van der Waals surface area contributed by atoms with E-state index in [2.05, 4.69) is 24.4 Å². The van der Waals surface area contributed by atoms with Gasteiger partial charge in [0.15, 0.2) is 11.5 Å². The average Bonchev–Trinajstić information content (AvgIpc) is 3.24. The first-order chi connectivity index (χ1) is 10.2. The maximum absolute atomic E-state index is 5.88. The monoisotopic (exact) mass is 291 g/mol. The molecule has 2 atom stereocenters. The molecule has 2 aliphatic rings. The van der Waals surface area contributed by atoms with Crippen molar-refractivity contribution in [3.8, 4) is 11.5 Å². The van der Waals surface area contributed by atoms with E-state index in [0.717, 1.165) is 30.9 Å². The van der Waals surface area contributed by atoms with E-state index < -0.39 is 0 Å². The fourth-order valence-electron chi connectivity index (χ4n) is 2.68.